The second-order valence-corrected chi connectivity index (χ2v) is 7.14. The summed E-state index contributed by atoms with van der Waals surface area (Å²) < 4.78 is 23.2. The van der Waals surface area contributed by atoms with Gasteiger partial charge in [-0.2, -0.15) is 0 Å². The average Bonchev–Trinajstić information content (AvgIpc) is 2.29. The summed E-state index contributed by atoms with van der Waals surface area (Å²) in [5.41, 5.74) is 8.16. The Morgan fingerprint density at radius 2 is 1.94 bits per heavy atom. The predicted molar refractivity (Wildman–Crippen MR) is 69.7 cm³/mol. The van der Waals surface area contributed by atoms with Gasteiger partial charge in [0.1, 0.15) is 0 Å². The Morgan fingerprint density at radius 3 is 2.53 bits per heavy atom. The summed E-state index contributed by atoms with van der Waals surface area (Å²) in [5, 5.41) is 0. The molecule has 0 saturated carbocycles. The van der Waals surface area contributed by atoms with Gasteiger partial charge in [0.2, 0.25) is 0 Å². The molecule has 0 aromatic heterocycles. The minimum Gasteiger partial charge on any atom is -0.330 e. The van der Waals surface area contributed by atoms with Crippen molar-refractivity contribution in [3.05, 3.63) is 35.4 Å². The van der Waals surface area contributed by atoms with Gasteiger partial charge in [-0.15, -0.1) is 0 Å². The molecule has 2 unspecified atom stereocenters. The number of nitrogens with two attached hydrogens (primary N) is 1. The van der Waals surface area contributed by atoms with Crippen molar-refractivity contribution in [2.24, 2.45) is 11.7 Å². The largest absolute Gasteiger partial charge is 0.330 e. The number of rotatable bonds is 2. The van der Waals surface area contributed by atoms with Gasteiger partial charge in [-0.1, -0.05) is 29.8 Å². The molecule has 2 rings (SSSR count). The van der Waals surface area contributed by atoms with Crippen molar-refractivity contribution in [3.8, 4) is 0 Å². The Hall–Kier alpha value is -0.870. The van der Waals surface area contributed by atoms with E-state index in [1.54, 1.807) is 0 Å². The molecule has 1 saturated heterocycles. The van der Waals surface area contributed by atoms with Crippen LogP contribution in [0.5, 0.6) is 0 Å². The molecule has 1 aliphatic heterocycles. The van der Waals surface area contributed by atoms with E-state index >= 15 is 0 Å². The first kappa shape index (κ1) is 12.6. The lowest BCUT2D eigenvalue weighted by Crippen LogP contribution is -2.35. The van der Waals surface area contributed by atoms with Crippen molar-refractivity contribution in [2.75, 3.05) is 18.1 Å². The van der Waals surface area contributed by atoms with Gasteiger partial charge in [0.05, 0.1) is 11.5 Å². The third-order valence-corrected chi connectivity index (χ3v) is 5.38. The average molecular weight is 253 g/mol. The van der Waals surface area contributed by atoms with Crippen LogP contribution in [-0.4, -0.2) is 26.5 Å². The highest BCUT2D eigenvalue weighted by atomic mass is 32.2. The maximum Gasteiger partial charge on any atom is 0.150 e. The monoisotopic (exact) mass is 253 g/mol. The zero-order valence-electron chi connectivity index (χ0n) is 10.1. The Balaban J connectivity index is 2.23. The van der Waals surface area contributed by atoms with E-state index in [-0.39, 0.29) is 11.7 Å². The molecule has 1 aromatic carbocycles. The molecule has 1 aliphatic rings. The van der Waals surface area contributed by atoms with Crippen LogP contribution in [0.25, 0.3) is 0 Å². The molecule has 17 heavy (non-hydrogen) atoms. The van der Waals surface area contributed by atoms with E-state index in [2.05, 4.69) is 31.2 Å². The van der Waals surface area contributed by atoms with Gasteiger partial charge < -0.3 is 5.73 Å². The van der Waals surface area contributed by atoms with Crippen molar-refractivity contribution < 1.29 is 8.42 Å². The highest BCUT2D eigenvalue weighted by molar-refractivity contribution is 7.91. The lowest BCUT2D eigenvalue weighted by Gasteiger charge is -2.30. The summed E-state index contributed by atoms with van der Waals surface area (Å²) in [7, 11) is -2.87. The lowest BCUT2D eigenvalue weighted by molar-refractivity contribution is 0.432. The normalized spacial score (nSPS) is 27.9. The topological polar surface area (TPSA) is 60.2 Å². The van der Waals surface area contributed by atoms with Crippen LogP contribution in [0.2, 0.25) is 0 Å². The van der Waals surface area contributed by atoms with Crippen molar-refractivity contribution in [1.29, 1.82) is 0 Å². The lowest BCUT2D eigenvalue weighted by atomic mass is 9.84. The van der Waals surface area contributed by atoms with E-state index in [1.165, 1.54) is 11.1 Å². The molecule has 0 spiro atoms. The number of hydrogen-bond acceptors (Lipinski definition) is 3. The van der Waals surface area contributed by atoms with Crippen LogP contribution >= 0.6 is 0 Å². The fraction of sp³-hybridized carbons (Fsp3) is 0.538. The zero-order valence-corrected chi connectivity index (χ0v) is 10.9. The summed E-state index contributed by atoms with van der Waals surface area (Å²) in [6.07, 6.45) is 0.702. The third-order valence-electron chi connectivity index (χ3n) is 3.59. The quantitative estimate of drug-likeness (QED) is 0.868. The van der Waals surface area contributed by atoms with E-state index < -0.39 is 9.84 Å². The minimum atomic E-state index is -2.87. The molecular formula is C13H19NO2S. The van der Waals surface area contributed by atoms with E-state index in [1.807, 2.05) is 0 Å². The maximum atomic E-state index is 11.6. The van der Waals surface area contributed by atoms with Crippen LogP contribution in [0.1, 0.15) is 23.5 Å². The summed E-state index contributed by atoms with van der Waals surface area (Å²) in [6.45, 7) is 2.49. The van der Waals surface area contributed by atoms with Gasteiger partial charge in [-0.05, 0) is 37.3 Å². The van der Waals surface area contributed by atoms with Crippen LogP contribution < -0.4 is 5.73 Å². The molecule has 0 radical (unpaired) electrons. The first-order chi connectivity index (χ1) is 8.02. The molecule has 3 nitrogen and oxygen atoms in total. The molecule has 94 valence electrons. The summed E-state index contributed by atoms with van der Waals surface area (Å²) >= 11 is 0. The Kier molecular flexibility index (Phi) is 3.54. The summed E-state index contributed by atoms with van der Waals surface area (Å²) in [5.74, 6) is 0.893. The van der Waals surface area contributed by atoms with Gasteiger partial charge in [0.15, 0.2) is 9.84 Å². The van der Waals surface area contributed by atoms with Gasteiger partial charge >= 0.3 is 0 Å². The Labute approximate surface area is 103 Å². The van der Waals surface area contributed by atoms with Gasteiger partial charge in [-0.3, -0.25) is 0 Å². The zero-order chi connectivity index (χ0) is 12.5. The van der Waals surface area contributed by atoms with Crippen LogP contribution in [0, 0.1) is 12.8 Å². The predicted octanol–water partition coefficient (Wildman–Crippen LogP) is 1.47. The molecule has 1 heterocycles. The first-order valence-electron chi connectivity index (χ1n) is 5.99. The molecular weight excluding hydrogens is 234 g/mol. The van der Waals surface area contributed by atoms with Crippen molar-refractivity contribution in [2.45, 2.75) is 19.3 Å². The van der Waals surface area contributed by atoms with Crippen molar-refractivity contribution in [3.63, 3.8) is 0 Å². The summed E-state index contributed by atoms with van der Waals surface area (Å²) in [4.78, 5) is 0. The van der Waals surface area contributed by atoms with Gasteiger partial charge in [0, 0.05) is 0 Å². The number of benzene rings is 1. The molecule has 2 atom stereocenters. The molecule has 0 aliphatic carbocycles. The van der Waals surface area contributed by atoms with Crippen LogP contribution in [0.4, 0.5) is 0 Å². The molecule has 0 bridgehead atoms. The molecule has 0 amide bonds. The minimum absolute atomic E-state index is 0.0662. The standard InChI is InChI=1S/C13H19NO2S/c1-10-2-4-11(5-3-10)13-6-7-17(15,16)9-12(13)8-14/h2-5,12-13H,6-9,14H2,1H3. The third kappa shape index (κ3) is 2.87. The smallest absolute Gasteiger partial charge is 0.150 e. The van der Waals surface area contributed by atoms with Gasteiger partial charge in [-0.25, -0.2) is 8.42 Å². The second kappa shape index (κ2) is 4.78. The SMILES string of the molecule is Cc1ccc(C2CCS(=O)(=O)CC2CN)cc1. The Bertz CT molecular complexity index is 479. The van der Waals surface area contributed by atoms with Gasteiger partial charge in [0.25, 0.3) is 0 Å². The molecule has 1 fully saturated rings. The number of hydrogen-bond donors (Lipinski definition) is 1. The van der Waals surface area contributed by atoms with Crippen molar-refractivity contribution in [1.82, 2.24) is 0 Å². The van der Waals surface area contributed by atoms with Crippen LogP contribution in [0.15, 0.2) is 24.3 Å². The van der Waals surface area contributed by atoms with Crippen LogP contribution in [-0.2, 0) is 9.84 Å². The molecule has 4 heteroatoms. The van der Waals surface area contributed by atoms with E-state index in [0.29, 0.717) is 24.6 Å². The second-order valence-electron chi connectivity index (χ2n) is 4.92. The van der Waals surface area contributed by atoms with E-state index in [4.69, 9.17) is 5.73 Å². The number of sulfone groups is 1. The Morgan fingerprint density at radius 1 is 1.29 bits per heavy atom. The highest BCUT2D eigenvalue weighted by Crippen LogP contribution is 2.33. The fourth-order valence-corrected chi connectivity index (χ4v) is 4.35. The number of aryl methyl sites for hydroxylation is 1. The highest BCUT2D eigenvalue weighted by Gasteiger charge is 2.32. The maximum absolute atomic E-state index is 11.6. The van der Waals surface area contributed by atoms with E-state index in [0.717, 1.165) is 0 Å². The summed E-state index contributed by atoms with van der Waals surface area (Å²) in [6, 6.07) is 8.35. The van der Waals surface area contributed by atoms with Crippen LogP contribution in [0.3, 0.4) is 0 Å². The van der Waals surface area contributed by atoms with E-state index in [9.17, 15) is 8.42 Å². The fourth-order valence-electron chi connectivity index (χ4n) is 2.55. The molecule has 1 aromatic rings. The molecule has 2 N–H and O–H groups in total. The van der Waals surface area contributed by atoms with Crippen molar-refractivity contribution >= 4 is 9.84 Å². The first-order valence-corrected chi connectivity index (χ1v) is 7.81.